The number of benzene rings is 1. The molecule has 7 nitrogen and oxygen atoms in total. The van der Waals surface area contributed by atoms with Gasteiger partial charge in [0.25, 0.3) is 10.1 Å². The Labute approximate surface area is 135 Å². The van der Waals surface area contributed by atoms with Crippen molar-refractivity contribution < 1.29 is 31.9 Å². The summed E-state index contributed by atoms with van der Waals surface area (Å²) in [6.45, 7) is 5.39. The van der Waals surface area contributed by atoms with Gasteiger partial charge in [0.15, 0.2) is 18.2 Å². The summed E-state index contributed by atoms with van der Waals surface area (Å²) in [7, 11) is -4.06. The van der Waals surface area contributed by atoms with Gasteiger partial charge in [-0.1, -0.05) is 17.7 Å². The maximum Gasteiger partial charge on any atom is 0.297 e. The highest BCUT2D eigenvalue weighted by Gasteiger charge is 2.52. The number of ether oxygens (including phenoxy) is 3. The van der Waals surface area contributed by atoms with Crippen LogP contribution in [0.5, 0.6) is 0 Å². The molecule has 2 fully saturated rings. The fraction of sp³-hybridized carbons (Fsp3) is 0.600. The van der Waals surface area contributed by atoms with E-state index in [1.54, 1.807) is 26.0 Å². The molecule has 0 unspecified atom stereocenters. The van der Waals surface area contributed by atoms with Crippen molar-refractivity contribution >= 4 is 10.1 Å². The Morgan fingerprint density at radius 3 is 2.52 bits per heavy atom. The number of hydrogen-bond acceptors (Lipinski definition) is 7. The van der Waals surface area contributed by atoms with Crippen LogP contribution in [0, 0.1) is 6.92 Å². The highest BCUT2D eigenvalue weighted by molar-refractivity contribution is 7.86. The van der Waals surface area contributed by atoms with Gasteiger partial charge in [0.05, 0.1) is 11.5 Å². The average Bonchev–Trinajstić information content (AvgIpc) is 2.77. The second-order valence-corrected chi connectivity index (χ2v) is 7.76. The summed E-state index contributed by atoms with van der Waals surface area (Å²) in [6.07, 6.45) is -3.82. The van der Waals surface area contributed by atoms with Crippen molar-refractivity contribution in [2.75, 3.05) is 6.61 Å². The molecule has 2 aliphatic heterocycles. The second kappa shape index (κ2) is 5.80. The Morgan fingerprint density at radius 1 is 1.22 bits per heavy atom. The normalized spacial score (nSPS) is 33.4. The van der Waals surface area contributed by atoms with Gasteiger partial charge < -0.3 is 19.3 Å². The summed E-state index contributed by atoms with van der Waals surface area (Å²) < 4.78 is 46.5. The van der Waals surface area contributed by atoms with Crippen LogP contribution in [0.1, 0.15) is 19.4 Å². The summed E-state index contributed by atoms with van der Waals surface area (Å²) in [5.74, 6) is -0.891. The van der Waals surface area contributed by atoms with Crippen LogP contribution in [0.2, 0.25) is 0 Å². The van der Waals surface area contributed by atoms with E-state index in [0.29, 0.717) is 0 Å². The van der Waals surface area contributed by atoms with E-state index in [1.807, 2.05) is 6.92 Å². The average molecular weight is 344 g/mol. The van der Waals surface area contributed by atoms with Crippen molar-refractivity contribution in [3.63, 3.8) is 0 Å². The fourth-order valence-electron chi connectivity index (χ4n) is 2.73. The summed E-state index contributed by atoms with van der Waals surface area (Å²) in [5.41, 5.74) is 0.930. The van der Waals surface area contributed by atoms with Crippen molar-refractivity contribution in [2.24, 2.45) is 0 Å². The first-order valence-electron chi connectivity index (χ1n) is 7.33. The summed E-state index contributed by atoms with van der Waals surface area (Å²) in [6, 6.07) is 6.25. The molecule has 0 bridgehead atoms. The molecule has 2 heterocycles. The molecule has 1 N–H and O–H groups in total. The van der Waals surface area contributed by atoms with Gasteiger partial charge in [-0.2, -0.15) is 8.42 Å². The van der Waals surface area contributed by atoms with Gasteiger partial charge in [0.1, 0.15) is 12.2 Å². The highest BCUT2D eigenvalue weighted by Crippen LogP contribution is 2.36. The lowest BCUT2D eigenvalue weighted by Crippen LogP contribution is -2.53. The summed E-state index contributed by atoms with van der Waals surface area (Å²) >= 11 is 0. The molecule has 0 saturated carbocycles. The van der Waals surface area contributed by atoms with E-state index < -0.39 is 40.5 Å². The lowest BCUT2D eigenvalue weighted by atomic mass is 10.1. The van der Waals surface area contributed by atoms with Crippen molar-refractivity contribution in [3.8, 4) is 0 Å². The molecule has 0 aromatic heterocycles. The Bertz CT molecular complexity index is 668. The molecule has 128 valence electrons. The first-order valence-corrected chi connectivity index (χ1v) is 8.74. The molecule has 1 aromatic rings. The molecule has 0 amide bonds. The van der Waals surface area contributed by atoms with Gasteiger partial charge in [-0.25, -0.2) is 0 Å². The molecule has 0 radical (unpaired) electrons. The Hall–Kier alpha value is -1.03. The van der Waals surface area contributed by atoms with Gasteiger partial charge in [0.2, 0.25) is 0 Å². The van der Waals surface area contributed by atoms with Crippen LogP contribution in [0.15, 0.2) is 29.2 Å². The Balaban J connectivity index is 1.83. The van der Waals surface area contributed by atoms with Gasteiger partial charge in [-0.05, 0) is 32.9 Å². The van der Waals surface area contributed by atoms with Crippen molar-refractivity contribution in [2.45, 2.75) is 56.1 Å². The smallest absolute Gasteiger partial charge is 0.297 e. The SMILES string of the molecule is Cc1ccc(S(=O)(=O)O[C@H]2[C@@H]3OC(C)(C)O[C@@H]3CO[C@@H]2O)cc1. The van der Waals surface area contributed by atoms with Gasteiger partial charge in [-0.3, -0.25) is 4.18 Å². The molecule has 3 rings (SSSR count). The first-order chi connectivity index (χ1) is 10.7. The molecular weight excluding hydrogens is 324 g/mol. The minimum Gasteiger partial charge on any atom is -0.366 e. The zero-order valence-electron chi connectivity index (χ0n) is 13.1. The van der Waals surface area contributed by atoms with Crippen LogP contribution in [-0.2, 0) is 28.5 Å². The van der Waals surface area contributed by atoms with Crippen LogP contribution in [-0.4, -0.2) is 50.5 Å². The van der Waals surface area contributed by atoms with E-state index in [-0.39, 0.29) is 11.5 Å². The summed E-state index contributed by atoms with van der Waals surface area (Å²) in [5, 5.41) is 9.99. The molecule has 2 aliphatic rings. The zero-order chi connectivity index (χ0) is 16.8. The number of aliphatic hydroxyl groups excluding tert-OH is 1. The zero-order valence-corrected chi connectivity index (χ0v) is 13.9. The van der Waals surface area contributed by atoms with Crippen LogP contribution in [0.3, 0.4) is 0 Å². The first kappa shape index (κ1) is 16.8. The molecular formula is C15H20O7S. The predicted molar refractivity (Wildman–Crippen MR) is 79.0 cm³/mol. The Morgan fingerprint density at radius 2 is 1.87 bits per heavy atom. The molecule has 1 aromatic carbocycles. The molecule has 4 atom stereocenters. The molecule has 0 spiro atoms. The van der Waals surface area contributed by atoms with E-state index >= 15 is 0 Å². The topological polar surface area (TPSA) is 91.3 Å². The number of aliphatic hydroxyl groups is 1. The van der Waals surface area contributed by atoms with Crippen molar-refractivity contribution in [1.82, 2.24) is 0 Å². The van der Waals surface area contributed by atoms with E-state index in [1.165, 1.54) is 12.1 Å². The van der Waals surface area contributed by atoms with Crippen LogP contribution in [0.25, 0.3) is 0 Å². The lowest BCUT2D eigenvalue weighted by molar-refractivity contribution is -0.221. The maximum absolute atomic E-state index is 12.4. The van der Waals surface area contributed by atoms with Crippen LogP contribution in [0.4, 0.5) is 0 Å². The third-order valence-electron chi connectivity index (χ3n) is 3.81. The van der Waals surface area contributed by atoms with E-state index in [2.05, 4.69) is 0 Å². The fourth-order valence-corrected chi connectivity index (χ4v) is 3.81. The van der Waals surface area contributed by atoms with Gasteiger partial charge in [0, 0.05) is 0 Å². The van der Waals surface area contributed by atoms with Gasteiger partial charge >= 0.3 is 0 Å². The molecule has 2 saturated heterocycles. The summed E-state index contributed by atoms with van der Waals surface area (Å²) in [4.78, 5) is 0.00981. The monoisotopic (exact) mass is 344 g/mol. The van der Waals surface area contributed by atoms with Crippen molar-refractivity contribution in [3.05, 3.63) is 29.8 Å². The number of fused-ring (bicyclic) bond motifs is 1. The second-order valence-electron chi connectivity index (χ2n) is 6.19. The third-order valence-corrected chi connectivity index (χ3v) is 5.13. The highest BCUT2D eigenvalue weighted by atomic mass is 32.2. The van der Waals surface area contributed by atoms with E-state index in [9.17, 15) is 13.5 Å². The number of aryl methyl sites for hydroxylation is 1. The van der Waals surface area contributed by atoms with Crippen molar-refractivity contribution in [1.29, 1.82) is 0 Å². The lowest BCUT2D eigenvalue weighted by Gasteiger charge is -2.34. The quantitative estimate of drug-likeness (QED) is 0.816. The standard InChI is InChI=1S/C15H20O7S/c1-9-4-6-10(7-5-9)23(17,18)22-13-12-11(8-19-14(13)16)20-15(2,3)21-12/h4-7,11-14,16H,8H2,1-3H3/t11-,12-,13+,14+/m1/s1. The number of rotatable bonds is 3. The van der Waals surface area contributed by atoms with Crippen LogP contribution >= 0.6 is 0 Å². The van der Waals surface area contributed by atoms with Gasteiger partial charge in [-0.15, -0.1) is 0 Å². The molecule has 0 aliphatic carbocycles. The minimum atomic E-state index is -4.06. The minimum absolute atomic E-state index is 0.00981. The largest absolute Gasteiger partial charge is 0.366 e. The molecule has 8 heteroatoms. The maximum atomic E-state index is 12.4. The number of hydrogen-bond donors (Lipinski definition) is 1. The van der Waals surface area contributed by atoms with E-state index in [4.69, 9.17) is 18.4 Å². The Kier molecular flexibility index (Phi) is 4.24. The third kappa shape index (κ3) is 3.42. The van der Waals surface area contributed by atoms with E-state index in [0.717, 1.165) is 5.56 Å². The van der Waals surface area contributed by atoms with Crippen LogP contribution < -0.4 is 0 Å². The molecule has 23 heavy (non-hydrogen) atoms. The predicted octanol–water partition coefficient (Wildman–Crippen LogP) is 0.938.